The lowest BCUT2D eigenvalue weighted by atomic mass is 10.1. The Bertz CT molecular complexity index is 1880. The molecule has 0 spiro atoms. The molecule has 5 aromatic heterocycles. The number of aromatic amines is 2. The van der Waals surface area contributed by atoms with Crippen LogP contribution in [0.1, 0.15) is 5.56 Å². The SMILES string of the molecule is c1ccc(COc2cncc(-c3cc4c(-c5nc6c(-c7ccccn7)cccc6[nH]5)n[nH]c4cn3)c2)cc1. The van der Waals surface area contributed by atoms with Crippen LogP contribution >= 0.6 is 0 Å². The highest BCUT2D eigenvalue weighted by Crippen LogP contribution is 2.32. The van der Waals surface area contributed by atoms with E-state index in [9.17, 15) is 0 Å². The number of fused-ring (bicyclic) bond motifs is 2. The minimum absolute atomic E-state index is 0.469. The number of ether oxygens (including phenoxy) is 1. The molecular weight excluding hydrogens is 474 g/mol. The van der Waals surface area contributed by atoms with Gasteiger partial charge in [-0.05, 0) is 35.9 Å². The van der Waals surface area contributed by atoms with Crippen LogP contribution in [0.25, 0.3) is 56.0 Å². The van der Waals surface area contributed by atoms with Gasteiger partial charge in [0.15, 0.2) is 5.82 Å². The maximum atomic E-state index is 5.97. The first-order chi connectivity index (χ1) is 18.8. The minimum atomic E-state index is 0.469. The van der Waals surface area contributed by atoms with Crippen molar-refractivity contribution in [1.29, 1.82) is 0 Å². The van der Waals surface area contributed by atoms with E-state index >= 15 is 0 Å². The summed E-state index contributed by atoms with van der Waals surface area (Å²) in [6.07, 6.45) is 7.06. The smallest absolute Gasteiger partial charge is 0.159 e. The van der Waals surface area contributed by atoms with E-state index in [-0.39, 0.29) is 0 Å². The summed E-state index contributed by atoms with van der Waals surface area (Å²) in [6.45, 7) is 0.469. The molecule has 2 aromatic carbocycles. The van der Waals surface area contributed by atoms with Gasteiger partial charge in [0.05, 0.1) is 40.3 Å². The van der Waals surface area contributed by atoms with Crippen molar-refractivity contribution in [2.45, 2.75) is 6.61 Å². The highest BCUT2D eigenvalue weighted by Gasteiger charge is 2.16. The molecule has 0 aliphatic rings. The van der Waals surface area contributed by atoms with Gasteiger partial charge in [-0.1, -0.05) is 48.5 Å². The molecular formula is C30H21N7O. The summed E-state index contributed by atoms with van der Waals surface area (Å²) in [7, 11) is 0. The Labute approximate surface area is 217 Å². The second-order valence-corrected chi connectivity index (χ2v) is 8.87. The van der Waals surface area contributed by atoms with Crippen molar-refractivity contribution in [3.63, 3.8) is 0 Å². The molecule has 0 aliphatic carbocycles. The van der Waals surface area contributed by atoms with Gasteiger partial charge >= 0.3 is 0 Å². The molecule has 0 atom stereocenters. The van der Waals surface area contributed by atoms with Crippen molar-refractivity contribution in [2.24, 2.45) is 0 Å². The second kappa shape index (κ2) is 9.25. The molecule has 182 valence electrons. The second-order valence-electron chi connectivity index (χ2n) is 8.87. The Hall–Kier alpha value is -5.37. The Kier molecular flexibility index (Phi) is 5.33. The Morgan fingerprint density at radius 1 is 0.763 bits per heavy atom. The van der Waals surface area contributed by atoms with E-state index in [0.717, 1.165) is 55.7 Å². The first-order valence-electron chi connectivity index (χ1n) is 12.2. The summed E-state index contributed by atoms with van der Waals surface area (Å²) in [5.41, 5.74) is 7.85. The third-order valence-electron chi connectivity index (χ3n) is 6.38. The lowest BCUT2D eigenvalue weighted by Gasteiger charge is -2.08. The summed E-state index contributed by atoms with van der Waals surface area (Å²) < 4.78 is 5.97. The molecule has 0 saturated heterocycles. The van der Waals surface area contributed by atoms with Crippen LogP contribution in [0.3, 0.4) is 0 Å². The number of hydrogen-bond acceptors (Lipinski definition) is 6. The maximum absolute atomic E-state index is 5.97. The van der Waals surface area contributed by atoms with E-state index in [1.807, 2.05) is 78.9 Å². The normalized spacial score (nSPS) is 11.3. The number of hydrogen-bond donors (Lipinski definition) is 2. The van der Waals surface area contributed by atoms with Gasteiger partial charge in [0, 0.05) is 28.9 Å². The van der Waals surface area contributed by atoms with E-state index < -0.39 is 0 Å². The molecule has 0 fully saturated rings. The van der Waals surface area contributed by atoms with Crippen LogP contribution in [0.15, 0.2) is 104 Å². The Balaban J connectivity index is 1.24. The third-order valence-corrected chi connectivity index (χ3v) is 6.38. The largest absolute Gasteiger partial charge is 0.487 e. The van der Waals surface area contributed by atoms with Gasteiger partial charge < -0.3 is 9.72 Å². The first kappa shape index (κ1) is 21.9. The molecule has 7 aromatic rings. The fourth-order valence-corrected chi connectivity index (χ4v) is 4.51. The van der Waals surface area contributed by atoms with E-state index in [0.29, 0.717) is 18.2 Å². The molecule has 0 saturated carbocycles. The molecule has 0 aliphatic heterocycles. The zero-order chi connectivity index (χ0) is 25.3. The third kappa shape index (κ3) is 4.04. The van der Waals surface area contributed by atoms with Gasteiger partial charge in [0.2, 0.25) is 0 Å². The average molecular weight is 496 g/mol. The van der Waals surface area contributed by atoms with Gasteiger partial charge in [-0.2, -0.15) is 5.10 Å². The highest BCUT2D eigenvalue weighted by molar-refractivity contribution is 5.97. The van der Waals surface area contributed by atoms with Crippen LogP contribution in [0.2, 0.25) is 0 Å². The van der Waals surface area contributed by atoms with E-state index in [1.165, 1.54) is 0 Å². The number of rotatable bonds is 6. The first-order valence-corrected chi connectivity index (χ1v) is 12.2. The van der Waals surface area contributed by atoms with Crippen molar-refractivity contribution >= 4 is 21.9 Å². The average Bonchev–Trinajstić information content (AvgIpc) is 3.61. The number of nitrogens with one attached hydrogen (secondary N) is 2. The van der Waals surface area contributed by atoms with Gasteiger partial charge in [-0.15, -0.1) is 0 Å². The number of benzene rings is 2. The monoisotopic (exact) mass is 495 g/mol. The number of H-pyrrole nitrogens is 2. The summed E-state index contributed by atoms with van der Waals surface area (Å²) in [5.74, 6) is 1.35. The topological polar surface area (TPSA) is 105 Å². The molecule has 0 bridgehead atoms. The van der Waals surface area contributed by atoms with Crippen LogP contribution in [0.4, 0.5) is 0 Å². The van der Waals surface area contributed by atoms with E-state index in [1.54, 1.807) is 24.8 Å². The zero-order valence-corrected chi connectivity index (χ0v) is 20.2. The van der Waals surface area contributed by atoms with Crippen molar-refractivity contribution in [3.8, 4) is 39.8 Å². The molecule has 38 heavy (non-hydrogen) atoms. The minimum Gasteiger partial charge on any atom is -0.487 e. The summed E-state index contributed by atoms with van der Waals surface area (Å²) >= 11 is 0. The van der Waals surface area contributed by atoms with Crippen LogP contribution in [0.5, 0.6) is 5.75 Å². The van der Waals surface area contributed by atoms with Gasteiger partial charge in [0.1, 0.15) is 18.1 Å². The van der Waals surface area contributed by atoms with Crippen LogP contribution < -0.4 is 4.74 Å². The zero-order valence-electron chi connectivity index (χ0n) is 20.2. The van der Waals surface area contributed by atoms with Crippen LogP contribution in [0, 0.1) is 0 Å². The standard InChI is InChI=1S/C30H21N7O/c1-2-7-19(8-3-1)18-38-21-13-20(15-31-16-21)26-14-23-27(17-33-26)36-37-29(23)30-34-25-11-6-9-22(28(25)35-30)24-10-4-5-12-32-24/h1-17H,18H2,(H,34,35)(H,36,37). The van der Waals surface area contributed by atoms with E-state index in [4.69, 9.17) is 9.72 Å². The Morgan fingerprint density at radius 2 is 1.68 bits per heavy atom. The van der Waals surface area contributed by atoms with Crippen molar-refractivity contribution < 1.29 is 4.74 Å². The molecule has 5 heterocycles. The lowest BCUT2D eigenvalue weighted by Crippen LogP contribution is -1.96. The van der Waals surface area contributed by atoms with Gasteiger partial charge in [0.25, 0.3) is 0 Å². The number of aromatic nitrogens is 7. The Morgan fingerprint density at radius 3 is 2.58 bits per heavy atom. The molecule has 0 unspecified atom stereocenters. The molecule has 7 rings (SSSR count). The van der Waals surface area contributed by atoms with Crippen molar-refractivity contribution in [3.05, 3.63) is 109 Å². The summed E-state index contributed by atoms with van der Waals surface area (Å²) in [4.78, 5) is 21.9. The predicted octanol–water partition coefficient (Wildman–Crippen LogP) is 6.20. The lowest BCUT2D eigenvalue weighted by molar-refractivity contribution is 0.305. The maximum Gasteiger partial charge on any atom is 0.159 e. The number of pyridine rings is 3. The molecule has 0 amide bonds. The molecule has 0 radical (unpaired) electrons. The van der Waals surface area contributed by atoms with E-state index in [2.05, 4.69) is 30.1 Å². The van der Waals surface area contributed by atoms with Gasteiger partial charge in [-0.25, -0.2) is 4.98 Å². The summed E-state index contributed by atoms with van der Waals surface area (Å²) in [6, 6.07) is 25.9. The number of para-hydroxylation sites is 1. The number of imidazole rings is 1. The van der Waals surface area contributed by atoms with Crippen LogP contribution in [-0.2, 0) is 6.61 Å². The quantitative estimate of drug-likeness (QED) is 0.284. The number of nitrogens with zero attached hydrogens (tertiary/aromatic N) is 5. The van der Waals surface area contributed by atoms with Crippen molar-refractivity contribution in [2.75, 3.05) is 0 Å². The predicted molar refractivity (Wildman–Crippen MR) is 146 cm³/mol. The van der Waals surface area contributed by atoms with Crippen molar-refractivity contribution in [1.82, 2.24) is 35.1 Å². The molecule has 8 nitrogen and oxygen atoms in total. The molecule has 2 N–H and O–H groups in total. The van der Waals surface area contributed by atoms with Gasteiger partial charge in [-0.3, -0.25) is 20.1 Å². The highest BCUT2D eigenvalue weighted by atomic mass is 16.5. The fourth-order valence-electron chi connectivity index (χ4n) is 4.51. The molecule has 8 heteroatoms. The van der Waals surface area contributed by atoms with Crippen LogP contribution in [-0.4, -0.2) is 35.1 Å². The summed E-state index contributed by atoms with van der Waals surface area (Å²) in [5, 5.41) is 8.55. The fraction of sp³-hybridized carbons (Fsp3) is 0.0333.